The monoisotopic (exact) mass is 298 g/mol. The quantitative estimate of drug-likeness (QED) is 0.326. The maximum atomic E-state index is 10.9. The van der Waals surface area contributed by atoms with Gasteiger partial charge in [0.25, 0.3) is 5.69 Å². The third kappa shape index (κ3) is 4.41. The summed E-state index contributed by atoms with van der Waals surface area (Å²) >= 11 is 0. The zero-order chi connectivity index (χ0) is 15.8. The lowest BCUT2D eigenvalue weighted by Crippen LogP contribution is -1.95. The molecule has 0 aliphatic heterocycles. The minimum Gasteiger partial charge on any atom is -0.494 e. The van der Waals surface area contributed by atoms with Crippen molar-refractivity contribution in [1.29, 1.82) is 0 Å². The Balaban J connectivity index is 2.06. The van der Waals surface area contributed by atoms with Gasteiger partial charge in [-0.25, -0.2) is 0 Å². The second kappa shape index (κ2) is 7.93. The lowest BCUT2D eigenvalue weighted by molar-refractivity contribution is -0.385. The van der Waals surface area contributed by atoms with Crippen LogP contribution in [0.2, 0.25) is 0 Å². The number of nitrogens with zero attached hydrogens (tertiary/aromatic N) is 2. The van der Waals surface area contributed by atoms with Gasteiger partial charge in [-0.3, -0.25) is 15.1 Å². The number of benzene rings is 2. The summed E-state index contributed by atoms with van der Waals surface area (Å²) in [6.07, 6.45) is 3.63. The summed E-state index contributed by atoms with van der Waals surface area (Å²) in [6, 6.07) is 13.9. The average Bonchev–Trinajstić information content (AvgIpc) is 2.54. The molecule has 0 heterocycles. The van der Waals surface area contributed by atoms with Gasteiger partial charge in [0.1, 0.15) is 5.75 Å². The van der Waals surface area contributed by atoms with Crippen molar-refractivity contribution in [3.63, 3.8) is 0 Å². The number of ether oxygens (including phenoxy) is 1. The molecule has 0 bridgehead atoms. The molecule has 5 nitrogen and oxygen atoms in total. The van der Waals surface area contributed by atoms with Gasteiger partial charge in [-0.05, 0) is 36.8 Å². The van der Waals surface area contributed by atoms with Crippen molar-refractivity contribution in [3.8, 4) is 5.75 Å². The molecule has 0 aliphatic carbocycles. The maximum absolute atomic E-state index is 10.9. The third-order valence-electron chi connectivity index (χ3n) is 3.09. The Hall–Kier alpha value is -2.69. The van der Waals surface area contributed by atoms with Crippen molar-refractivity contribution in [2.75, 3.05) is 6.61 Å². The molecule has 2 rings (SSSR count). The van der Waals surface area contributed by atoms with Crippen LogP contribution in [-0.4, -0.2) is 17.7 Å². The van der Waals surface area contributed by atoms with E-state index >= 15 is 0 Å². The van der Waals surface area contributed by atoms with E-state index in [0.29, 0.717) is 12.2 Å². The number of nitro groups is 1. The molecule has 5 heteroatoms. The number of hydrogen-bond acceptors (Lipinski definition) is 4. The van der Waals surface area contributed by atoms with Crippen LogP contribution in [0.25, 0.3) is 0 Å². The number of rotatable bonds is 7. The van der Waals surface area contributed by atoms with E-state index < -0.39 is 4.92 Å². The number of para-hydroxylation sites is 1. The Kier molecular flexibility index (Phi) is 5.65. The average molecular weight is 298 g/mol. The Morgan fingerprint density at radius 3 is 2.59 bits per heavy atom. The first-order valence-corrected chi connectivity index (χ1v) is 7.21. The normalized spacial score (nSPS) is 10.8. The van der Waals surface area contributed by atoms with Crippen LogP contribution < -0.4 is 4.74 Å². The molecule has 0 N–H and O–H groups in total. The summed E-state index contributed by atoms with van der Waals surface area (Å²) in [6.45, 7) is 2.82. The van der Waals surface area contributed by atoms with E-state index in [1.165, 1.54) is 12.3 Å². The van der Waals surface area contributed by atoms with E-state index in [2.05, 4.69) is 11.9 Å². The predicted octanol–water partition coefficient (Wildman–Crippen LogP) is 4.52. The molecule has 0 aliphatic rings. The molecular formula is C17H18N2O3. The molecule has 0 fully saturated rings. The summed E-state index contributed by atoms with van der Waals surface area (Å²) in [7, 11) is 0. The van der Waals surface area contributed by atoms with Crippen LogP contribution in [0.1, 0.15) is 25.3 Å². The molecule has 0 aromatic heterocycles. The number of unbranched alkanes of at least 4 members (excludes halogenated alkanes) is 1. The van der Waals surface area contributed by atoms with Crippen LogP contribution in [0.15, 0.2) is 53.5 Å². The predicted molar refractivity (Wildman–Crippen MR) is 87.2 cm³/mol. The van der Waals surface area contributed by atoms with E-state index in [9.17, 15) is 10.1 Å². The summed E-state index contributed by atoms with van der Waals surface area (Å²) < 4.78 is 5.57. The second-order valence-electron chi connectivity index (χ2n) is 4.77. The van der Waals surface area contributed by atoms with Gasteiger partial charge in [0, 0.05) is 12.3 Å². The molecule has 0 spiro atoms. The first-order valence-electron chi connectivity index (χ1n) is 7.21. The molecule has 2 aromatic carbocycles. The fourth-order valence-electron chi connectivity index (χ4n) is 1.87. The highest BCUT2D eigenvalue weighted by molar-refractivity contribution is 5.86. The summed E-state index contributed by atoms with van der Waals surface area (Å²) in [4.78, 5) is 14.8. The molecule has 0 amide bonds. The molecule has 114 valence electrons. The van der Waals surface area contributed by atoms with Gasteiger partial charge in [-0.15, -0.1) is 0 Å². The van der Waals surface area contributed by atoms with Crippen LogP contribution in [-0.2, 0) is 0 Å². The third-order valence-corrected chi connectivity index (χ3v) is 3.09. The maximum Gasteiger partial charge on any atom is 0.278 e. The van der Waals surface area contributed by atoms with Crippen molar-refractivity contribution in [1.82, 2.24) is 0 Å². The van der Waals surface area contributed by atoms with Crippen LogP contribution in [0.4, 0.5) is 11.4 Å². The fraction of sp³-hybridized carbons (Fsp3) is 0.235. The zero-order valence-corrected chi connectivity index (χ0v) is 12.4. The highest BCUT2D eigenvalue weighted by atomic mass is 16.6. The van der Waals surface area contributed by atoms with E-state index in [1.807, 2.05) is 24.3 Å². The van der Waals surface area contributed by atoms with Crippen LogP contribution in [0, 0.1) is 10.1 Å². The smallest absolute Gasteiger partial charge is 0.278 e. The van der Waals surface area contributed by atoms with E-state index in [4.69, 9.17) is 4.74 Å². The van der Waals surface area contributed by atoms with Gasteiger partial charge < -0.3 is 4.74 Å². The molecule has 0 radical (unpaired) electrons. The standard InChI is InChI=1S/C17H18N2O3/c1-2-3-12-22-16-10-8-15(9-11-16)18-13-14-6-4-5-7-17(14)19(20)21/h4-11,13H,2-3,12H2,1H3/b18-13+. The van der Waals surface area contributed by atoms with Gasteiger partial charge >= 0.3 is 0 Å². The van der Waals surface area contributed by atoms with Crippen LogP contribution in [0.3, 0.4) is 0 Å². The molecule has 0 saturated carbocycles. The first kappa shape index (κ1) is 15.7. The Bertz CT molecular complexity index is 651. The van der Waals surface area contributed by atoms with Crippen molar-refractivity contribution < 1.29 is 9.66 Å². The number of nitro benzene ring substituents is 1. The highest BCUT2D eigenvalue weighted by Gasteiger charge is 2.09. The molecule has 22 heavy (non-hydrogen) atoms. The minimum absolute atomic E-state index is 0.0470. The van der Waals surface area contributed by atoms with Gasteiger partial charge in [-0.1, -0.05) is 25.5 Å². The Morgan fingerprint density at radius 2 is 1.91 bits per heavy atom. The summed E-state index contributed by atoms with van der Waals surface area (Å²) in [5, 5.41) is 10.9. The zero-order valence-electron chi connectivity index (χ0n) is 12.4. The van der Waals surface area contributed by atoms with Crippen molar-refractivity contribution in [2.24, 2.45) is 4.99 Å². The van der Waals surface area contributed by atoms with Crippen LogP contribution >= 0.6 is 0 Å². The number of aliphatic imine (C=N–C) groups is 1. The van der Waals surface area contributed by atoms with E-state index in [1.54, 1.807) is 18.2 Å². The molecular weight excluding hydrogens is 280 g/mol. The highest BCUT2D eigenvalue weighted by Crippen LogP contribution is 2.20. The summed E-state index contributed by atoms with van der Waals surface area (Å²) in [5.74, 6) is 0.804. The number of hydrogen-bond donors (Lipinski definition) is 0. The first-order chi connectivity index (χ1) is 10.7. The molecule has 0 atom stereocenters. The molecule has 2 aromatic rings. The van der Waals surface area contributed by atoms with Crippen molar-refractivity contribution >= 4 is 17.6 Å². The second-order valence-corrected chi connectivity index (χ2v) is 4.77. The SMILES string of the molecule is CCCCOc1ccc(/N=C/c2ccccc2[N+](=O)[O-])cc1. The van der Waals surface area contributed by atoms with Crippen LogP contribution in [0.5, 0.6) is 5.75 Å². The van der Waals surface area contributed by atoms with E-state index in [-0.39, 0.29) is 5.69 Å². The van der Waals surface area contributed by atoms with Gasteiger partial charge in [0.15, 0.2) is 0 Å². The van der Waals surface area contributed by atoms with Gasteiger partial charge in [-0.2, -0.15) is 0 Å². The lowest BCUT2D eigenvalue weighted by atomic mass is 10.2. The van der Waals surface area contributed by atoms with E-state index in [0.717, 1.165) is 24.3 Å². The summed E-state index contributed by atoms with van der Waals surface area (Å²) in [5.41, 5.74) is 1.25. The largest absolute Gasteiger partial charge is 0.494 e. The fourth-order valence-corrected chi connectivity index (χ4v) is 1.87. The Morgan fingerprint density at radius 1 is 1.18 bits per heavy atom. The molecule has 0 unspecified atom stereocenters. The molecule has 0 saturated heterocycles. The van der Waals surface area contributed by atoms with Gasteiger partial charge in [0.05, 0.1) is 22.8 Å². The lowest BCUT2D eigenvalue weighted by Gasteiger charge is -2.04. The van der Waals surface area contributed by atoms with Crippen molar-refractivity contribution in [2.45, 2.75) is 19.8 Å². The topological polar surface area (TPSA) is 64.7 Å². The Labute approximate surface area is 129 Å². The van der Waals surface area contributed by atoms with Crippen molar-refractivity contribution in [3.05, 3.63) is 64.2 Å². The van der Waals surface area contributed by atoms with Gasteiger partial charge in [0.2, 0.25) is 0 Å². The minimum atomic E-state index is -0.411.